The van der Waals surface area contributed by atoms with E-state index in [1.165, 1.54) is 0 Å². The van der Waals surface area contributed by atoms with E-state index in [0.29, 0.717) is 6.54 Å². The van der Waals surface area contributed by atoms with Crippen LogP contribution in [-0.4, -0.2) is 36.3 Å². The van der Waals surface area contributed by atoms with Crippen LogP contribution in [0.5, 0.6) is 0 Å². The van der Waals surface area contributed by atoms with Gasteiger partial charge in [0.05, 0.1) is 6.54 Å². The van der Waals surface area contributed by atoms with Crippen LogP contribution in [0, 0.1) is 19.8 Å². The summed E-state index contributed by atoms with van der Waals surface area (Å²) in [5, 5.41) is 2.96. The number of nitrogens with one attached hydrogen (secondary N) is 1. The number of carbonyl (C=O) groups is 2. The van der Waals surface area contributed by atoms with Gasteiger partial charge in [-0.1, -0.05) is 12.1 Å². The van der Waals surface area contributed by atoms with Crippen LogP contribution in [0.25, 0.3) is 0 Å². The molecule has 1 aliphatic rings. The van der Waals surface area contributed by atoms with Crippen LogP contribution in [-0.2, 0) is 9.59 Å². The predicted molar refractivity (Wildman–Crippen MR) is 82.9 cm³/mol. The molecule has 1 saturated heterocycles. The van der Waals surface area contributed by atoms with Crippen LogP contribution in [0.1, 0.15) is 24.0 Å². The molecule has 1 aliphatic heterocycles. The Bertz CT molecular complexity index is 534. The number of primary amides is 1. The molecule has 2 rings (SSSR count). The highest BCUT2D eigenvalue weighted by Crippen LogP contribution is 2.18. The molecule has 1 heterocycles. The van der Waals surface area contributed by atoms with E-state index in [9.17, 15) is 9.59 Å². The quantitative estimate of drug-likeness (QED) is 0.880. The highest BCUT2D eigenvalue weighted by Gasteiger charge is 2.24. The lowest BCUT2D eigenvalue weighted by Gasteiger charge is -2.29. The molecule has 1 fully saturated rings. The molecule has 21 heavy (non-hydrogen) atoms. The third-order valence-corrected chi connectivity index (χ3v) is 4.02. The van der Waals surface area contributed by atoms with Gasteiger partial charge in [0.2, 0.25) is 11.8 Å². The maximum atomic E-state index is 12.1. The van der Waals surface area contributed by atoms with Crippen molar-refractivity contribution >= 4 is 17.5 Å². The number of likely N-dealkylation sites (tertiary alicyclic amines) is 1. The first-order valence-corrected chi connectivity index (χ1v) is 7.34. The number of rotatable bonds is 4. The van der Waals surface area contributed by atoms with Gasteiger partial charge >= 0.3 is 0 Å². The molecule has 0 saturated carbocycles. The van der Waals surface area contributed by atoms with Gasteiger partial charge in [0, 0.05) is 11.6 Å². The number of anilines is 1. The van der Waals surface area contributed by atoms with Gasteiger partial charge in [0.25, 0.3) is 0 Å². The lowest BCUT2D eigenvalue weighted by atomic mass is 9.96. The number of amides is 2. The Morgan fingerprint density at radius 3 is 2.57 bits per heavy atom. The first-order valence-electron chi connectivity index (χ1n) is 7.34. The summed E-state index contributed by atoms with van der Waals surface area (Å²) in [5.41, 5.74) is 8.36. The Balaban J connectivity index is 1.85. The maximum absolute atomic E-state index is 12.1. The number of aryl methyl sites for hydroxylation is 2. The number of benzene rings is 1. The Hall–Kier alpha value is -1.88. The Morgan fingerprint density at radius 2 is 1.95 bits per heavy atom. The second-order valence-corrected chi connectivity index (χ2v) is 5.82. The van der Waals surface area contributed by atoms with Gasteiger partial charge in [-0.3, -0.25) is 14.5 Å². The molecular weight excluding hydrogens is 266 g/mol. The zero-order chi connectivity index (χ0) is 15.4. The average molecular weight is 289 g/mol. The summed E-state index contributed by atoms with van der Waals surface area (Å²) in [6.45, 7) is 5.83. The van der Waals surface area contributed by atoms with E-state index in [0.717, 1.165) is 42.7 Å². The minimum Gasteiger partial charge on any atom is -0.369 e. The van der Waals surface area contributed by atoms with Gasteiger partial charge < -0.3 is 11.1 Å². The fraction of sp³-hybridized carbons (Fsp3) is 0.500. The van der Waals surface area contributed by atoms with Crippen molar-refractivity contribution in [2.45, 2.75) is 26.7 Å². The van der Waals surface area contributed by atoms with Crippen molar-refractivity contribution < 1.29 is 9.59 Å². The Morgan fingerprint density at radius 1 is 1.29 bits per heavy atom. The summed E-state index contributed by atoms with van der Waals surface area (Å²) in [6.07, 6.45) is 1.48. The van der Waals surface area contributed by atoms with E-state index in [1.807, 2.05) is 32.0 Å². The van der Waals surface area contributed by atoms with Crippen LogP contribution < -0.4 is 11.1 Å². The molecule has 2 amide bonds. The van der Waals surface area contributed by atoms with Crippen molar-refractivity contribution in [3.05, 3.63) is 29.3 Å². The summed E-state index contributed by atoms with van der Waals surface area (Å²) in [6, 6.07) is 6.01. The molecular formula is C16H23N3O2. The number of hydrogen-bond donors (Lipinski definition) is 2. The largest absolute Gasteiger partial charge is 0.369 e. The van der Waals surface area contributed by atoms with Gasteiger partial charge in [-0.25, -0.2) is 0 Å². The molecule has 0 aromatic heterocycles. The standard InChI is InChI=1S/C16H23N3O2/c1-11-3-4-12(2)14(9-11)18-15(20)10-19-7-5-13(6-8-19)16(17)21/h3-4,9,13H,5-8,10H2,1-2H3,(H2,17,21)(H,18,20). The fourth-order valence-corrected chi connectivity index (χ4v) is 2.64. The molecule has 5 heteroatoms. The summed E-state index contributed by atoms with van der Waals surface area (Å²) in [7, 11) is 0. The molecule has 5 nitrogen and oxygen atoms in total. The first kappa shape index (κ1) is 15.5. The lowest BCUT2D eigenvalue weighted by Crippen LogP contribution is -2.42. The van der Waals surface area contributed by atoms with Gasteiger partial charge in [-0.15, -0.1) is 0 Å². The number of nitrogens with zero attached hydrogens (tertiary/aromatic N) is 1. The number of piperidine rings is 1. The molecule has 0 radical (unpaired) electrons. The third-order valence-electron chi connectivity index (χ3n) is 4.02. The monoisotopic (exact) mass is 289 g/mol. The third kappa shape index (κ3) is 4.29. The maximum Gasteiger partial charge on any atom is 0.238 e. The van der Waals surface area contributed by atoms with Crippen LogP contribution in [0.2, 0.25) is 0 Å². The normalized spacial score (nSPS) is 16.7. The number of nitrogens with two attached hydrogens (primary N) is 1. The van der Waals surface area contributed by atoms with Gasteiger partial charge in [-0.05, 0) is 57.0 Å². The molecule has 0 bridgehead atoms. The van der Waals surface area contributed by atoms with Crippen molar-refractivity contribution in [3.63, 3.8) is 0 Å². The SMILES string of the molecule is Cc1ccc(C)c(NC(=O)CN2CCC(C(N)=O)CC2)c1. The molecule has 0 atom stereocenters. The van der Waals surface area contributed by atoms with Crippen LogP contribution >= 0.6 is 0 Å². The minimum absolute atomic E-state index is 0.0128. The summed E-state index contributed by atoms with van der Waals surface area (Å²) in [5.74, 6) is -0.279. The minimum atomic E-state index is -0.227. The van der Waals surface area contributed by atoms with Crippen LogP contribution in [0.4, 0.5) is 5.69 Å². The lowest BCUT2D eigenvalue weighted by molar-refractivity contribution is -0.123. The highest BCUT2D eigenvalue weighted by molar-refractivity contribution is 5.93. The van der Waals surface area contributed by atoms with Crippen molar-refractivity contribution in [2.75, 3.05) is 25.0 Å². The van der Waals surface area contributed by atoms with E-state index < -0.39 is 0 Å². The Labute approximate surface area is 125 Å². The molecule has 114 valence electrons. The molecule has 0 unspecified atom stereocenters. The van der Waals surface area contributed by atoms with E-state index in [2.05, 4.69) is 10.2 Å². The highest BCUT2D eigenvalue weighted by atomic mass is 16.2. The molecule has 3 N–H and O–H groups in total. The van der Waals surface area contributed by atoms with Crippen molar-refractivity contribution in [1.29, 1.82) is 0 Å². The zero-order valence-electron chi connectivity index (χ0n) is 12.7. The molecule has 1 aromatic rings. The van der Waals surface area contributed by atoms with Crippen LogP contribution in [0.15, 0.2) is 18.2 Å². The van der Waals surface area contributed by atoms with Crippen molar-refractivity contribution in [1.82, 2.24) is 4.90 Å². The summed E-state index contributed by atoms with van der Waals surface area (Å²) < 4.78 is 0. The average Bonchev–Trinajstić information content (AvgIpc) is 2.43. The second kappa shape index (κ2) is 6.72. The van der Waals surface area contributed by atoms with E-state index in [-0.39, 0.29) is 17.7 Å². The number of hydrogen-bond acceptors (Lipinski definition) is 3. The van der Waals surface area contributed by atoms with Gasteiger partial charge in [-0.2, -0.15) is 0 Å². The smallest absolute Gasteiger partial charge is 0.238 e. The fourth-order valence-electron chi connectivity index (χ4n) is 2.64. The molecule has 0 spiro atoms. The van der Waals surface area contributed by atoms with E-state index in [1.54, 1.807) is 0 Å². The second-order valence-electron chi connectivity index (χ2n) is 5.82. The first-order chi connectivity index (χ1) is 9.95. The topological polar surface area (TPSA) is 75.4 Å². The van der Waals surface area contributed by atoms with Gasteiger partial charge in [0.1, 0.15) is 0 Å². The Kier molecular flexibility index (Phi) is 4.96. The predicted octanol–water partition coefficient (Wildman–Crippen LogP) is 1.44. The summed E-state index contributed by atoms with van der Waals surface area (Å²) in [4.78, 5) is 25.3. The van der Waals surface area contributed by atoms with E-state index in [4.69, 9.17) is 5.73 Å². The zero-order valence-corrected chi connectivity index (χ0v) is 12.7. The summed E-state index contributed by atoms with van der Waals surface area (Å²) >= 11 is 0. The van der Waals surface area contributed by atoms with Crippen molar-refractivity contribution in [2.24, 2.45) is 11.7 Å². The molecule has 0 aliphatic carbocycles. The van der Waals surface area contributed by atoms with E-state index >= 15 is 0 Å². The van der Waals surface area contributed by atoms with Crippen molar-refractivity contribution in [3.8, 4) is 0 Å². The van der Waals surface area contributed by atoms with Crippen LogP contribution in [0.3, 0.4) is 0 Å². The molecule has 1 aromatic carbocycles. The number of carbonyl (C=O) groups excluding carboxylic acids is 2. The van der Waals surface area contributed by atoms with Gasteiger partial charge in [0.15, 0.2) is 0 Å².